The maximum absolute atomic E-state index is 13.2. The molecule has 172 valence electrons. The third-order valence-corrected chi connectivity index (χ3v) is 6.65. The molecule has 0 saturated heterocycles. The lowest BCUT2D eigenvalue weighted by Gasteiger charge is -2.22. The SMILES string of the molecule is O=C(Cc1ccc(F)cc1)NNC(=O)CN(Cc1ccccc1)S(=O)(=O)c1ccc(Cl)cc1. The van der Waals surface area contributed by atoms with E-state index in [0.717, 1.165) is 4.31 Å². The van der Waals surface area contributed by atoms with Crippen LogP contribution >= 0.6 is 11.6 Å². The molecule has 0 aliphatic carbocycles. The van der Waals surface area contributed by atoms with Gasteiger partial charge >= 0.3 is 0 Å². The molecule has 33 heavy (non-hydrogen) atoms. The maximum atomic E-state index is 13.2. The molecule has 0 aromatic heterocycles. The highest BCUT2D eigenvalue weighted by molar-refractivity contribution is 7.89. The van der Waals surface area contributed by atoms with Gasteiger partial charge < -0.3 is 0 Å². The third-order valence-electron chi connectivity index (χ3n) is 4.59. The Morgan fingerprint density at radius 2 is 1.42 bits per heavy atom. The van der Waals surface area contributed by atoms with Crippen LogP contribution in [0.5, 0.6) is 0 Å². The Labute approximate surface area is 196 Å². The quantitative estimate of drug-likeness (QED) is 0.475. The van der Waals surface area contributed by atoms with Crippen LogP contribution in [0.4, 0.5) is 4.39 Å². The van der Waals surface area contributed by atoms with Crippen molar-refractivity contribution in [1.82, 2.24) is 15.2 Å². The lowest BCUT2D eigenvalue weighted by atomic mass is 10.1. The molecule has 0 aliphatic rings. The van der Waals surface area contributed by atoms with Gasteiger partial charge in [0.25, 0.3) is 5.91 Å². The Bertz CT molecular complexity index is 1200. The van der Waals surface area contributed by atoms with E-state index in [4.69, 9.17) is 11.6 Å². The van der Waals surface area contributed by atoms with Crippen molar-refractivity contribution in [3.63, 3.8) is 0 Å². The van der Waals surface area contributed by atoms with Crippen LogP contribution in [0.25, 0.3) is 0 Å². The molecule has 0 spiro atoms. The van der Waals surface area contributed by atoms with Gasteiger partial charge in [0.2, 0.25) is 15.9 Å². The molecule has 0 fully saturated rings. The number of benzene rings is 3. The summed E-state index contributed by atoms with van der Waals surface area (Å²) in [6.07, 6.45) is -0.0859. The summed E-state index contributed by atoms with van der Waals surface area (Å²) in [4.78, 5) is 24.5. The van der Waals surface area contributed by atoms with Crippen LogP contribution in [-0.4, -0.2) is 31.1 Å². The van der Waals surface area contributed by atoms with Crippen molar-refractivity contribution in [1.29, 1.82) is 0 Å². The van der Waals surface area contributed by atoms with Crippen LogP contribution in [0.1, 0.15) is 11.1 Å². The minimum Gasteiger partial charge on any atom is -0.273 e. The fraction of sp³-hybridized carbons (Fsp3) is 0.130. The van der Waals surface area contributed by atoms with Crippen molar-refractivity contribution in [2.24, 2.45) is 0 Å². The molecule has 0 atom stereocenters. The van der Waals surface area contributed by atoms with E-state index in [2.05, 4.69) is 10.9 Å². The third kappa shape index (κ3) is 7.11. The zero-order valence-electron chi connectivity index (χ0n) is 17.4. The summed E-state index contributed by atoms with van der Waals surface area (Å²) in [6.45, 7) is -0.584. The molecule has 0 radical (unpaired) electrons. The number of carbonyl (C=O) groups excluding carboxylic acids is 2. The van der Waals surface area contributed by atoms with Gasteiger partial charge in [0.15, 0.2) is 0 Å². The second-order valence-corrected chi connectivity index (χ2v) is 9.49. The van der Waals surface area contributed by atoms with E-state index in [-0.39, 0.29) is 17.9 Å². The van der Waals surface area contributed by atoms with E-state index in [0.29, 0.717) is 16.1 Å². The first-order valence-corrected chi connectivity index (χ1v) is 11.7. The van der Waals surface area contributed by atoms with E-state index in [1.54, 1.807) is 30.3 Å². The number of nitrogens with zero attached hydrogens (tertiary/aromatic N) is 1. The summed E-state index contributed by atoms with van der Waals surface area (Å²) in [5.74, 6) is -1.69. The lowest BCUT2D eigenvalue weighted by molar-refractivity contribution is -0.128. The van der Waals surface area contributed by atoms with Gasteiger partial charge in [-0.05, 0) is 47.5 Å². The highest BCUT2D eigenvalue weighted by atomic mass is 35.5. The molecule has 2 amide bonds. The van der Waals surface area contributed by atoms with Gasteiger partial charge in [-0.2, -0.15) is 4.31 Å². The molecule has 0 aliphatic heterocycles. The smallest absolute Gasteiger partial charge is 0.253 e. The first kappa shape index (κ1) is 24.4. The molecule has 3 aromatic carbocycles. The second kappa shape index (κ2) is 11.0. The molecule has 10 heteroatoms. The second-order valence-electron chi connectivity index (χ2n) is 7.11. The first-order chi connectivity index (χ1) is 15.7. The Hall–Kier alpha value is -3.27. The van der Waals surface area contributed by atoms with Gasteiger partial charge in [-0.15, -0.1) is 0 Å². The number of hydrogen-bond donors (Lipinski definition) is 2. The van der Waals surface area contributed by atoms with E-state index in [9.17, 15) is 22.4 Å². The van der Waals surface area contributed by atoms with Crippen molar-refractivity contribution < 1.29 is 22.4 Å². The number of hydrogen-bond acceptors (Lipinski definition) is 4. The summed E-state index contributed by atoms with van der Waals surface area (Å²) < 4.78 is 40.3. The molecule has 0 saturated carbocycles. The van der Waals surface area contributed by atoms with Crippen LogP contribution in [0.15, 0.2) is 83.8 Å². The summed E-state index contributed by atoms with van der Waals surface area (Å²) >= 11 is 5.86. The molecule has 0 heterocycles. The van der Waals surface area contributed by atoms with Crippen LogP contribution in [0, 0.1) is 5.82 Å². The van der Waals surface area contributed by atoms with Crippen molar-refractivity contribution in [3.05, 3.63) is 101 Å². The van der Waals surface area contributed by atoms with Crippen molar-refractivity contribution in [2.45, 2.75) is 17.9 Å². The Kier molecular flexibility index (Phi) is 8.16. The fourth-order valence-electron chi connectivity index (χ4n) is 2.94. The molecule has 0 unspecified atom stereocenters. The first-order valence-electron chi connectivity index (χ1n) is 9.86. The number of rotatable bonds is 8. The van der Waals surface area contributed by atoms with Gasteiger partial charge in [-0.1, -0.05) is 54.1 Å². The summed E-state index contributed by atoms with van der Waals surface area (Å²) in [6, 6.07) is 19.8. The molecule has 2 N–H and O–H groups in total. The van der Waals surface area contributed by atoms with Crippen molar-refractivity contribution >= 4 is 33.4 Å². The average Bonchev–Trinajstić information content (AvgIpc) is 2.80. The maximum Gasteiger partial charge on any atom is 0.253 e. The lowest BCUT2D eigenvalue weighted by Crippen LogP contribution is -2.47. The summed E-state index contributed by atoms with van der Waals surface area (Å²) in [5, 5.41) is 0.380. The molecule has 3 aromatic rings. The highest BCUT2D eigenvalue weighted by Crippen LogP contribution is 2.20. The number of nitrogens with one attached hydrogen (secondary N) is 2. The minimum atomic E-state index is -4.04. The van der Waals surface area contributed by atoms with E-state index in [1.165, 1.54) is 48.5 Å². The van der Waals surface area contributed by atoms with Gasteiger partial charge in [0.05, 0.1) is 17.9 Å². The van der Waals surface area contributed by atoms with Gasteiger partial charge in [-0.25, -0.2) is 12.8 Å². The summed E-state index contributed by atoms with van der Waals surface area (Å²) in [5.41, 5.74) is 5.70. The zero-order chi connectivity index (χ0) is 23.8. The monoisotopic (exact) mass is 489 g/mol. The Balaban J connectivity index is 1.68. The standard InChI is InChI=1S/C23H21ClFN3O4S/c24-19-8-12-21(13-9-19)33(31,32)28(15-18-4-2-1-3-5-18)16-23(30)27-26-22(29)14-17-6-10-20(25)11-7-17/h1-13H,14-16H2,(H,26,29)(H,27,30). The number of halogens is 2. The Morgan fingerprint density at radius 3 is 2.06 bits per heavy atom. The largest absolute Gasteiger partial charge is 0.273 e. The van der Waals surface area contributed by atoms with E-state index in [1.807, 2.05) is 0 Å². The predicted octanol–water partition coefficient (Wildman–Crippen LogP) is 3.06. The number of sulfonamides is 1. The molecular weight excluding hydrogens is 469 g/mol. The van der Waals surface area contributed by atoms with Crippen molar-refractivity contribution in [2.75, 3.05) is 6.54 Å². The molecular formula is C23H21ClFN3O4S. The van der Waals surface area contributed by atoms with Crippen LogP contribution in [0.3, 0.4) is 0 Å². The normalized spacial score (nSPS) is 11.2. The molecule has 7 nitrogen and oxygen atoms in total. The van der Waals surface area contributed by atoms with Crippen LogP contribution in [-0.2, 0) is 32.6 Å². The van der Waals surface area contributed by atoms with Crippen LogP contribution in [0.2, 0.25) is 5.02 Å². The number of carbonyl (C=O) groups is 2. The highest BCUT2D eigenvalue weighted by Gasteiger charge is 2.27. The number of amides is 2. The fourth-order valence-corrected chi connectivity index (χ4v) is 4.45. The van der Waals surface area contributed by atoms with E-state index < -0.39 is 34.2 Å². The van der Waals surface area contributed by atoms with Crippen LogP contribution < -0.4 is 10.9 Å². The zero-order valence-corrected chi connectivity index (χ0v) is 18.9. The van der Waals surface area contributed by atoms with E-state index >= 15 is 0 Å². The topological polar surface area (TPSA) is 95.6 Å². The molecule has 0 bridgehead atoms. The minimum absolute atomic E-state index is 0.0176. The van der Waals surface area contributed by atoms with Gasteiger partial charge in [-0.3, -0.25) is 20.4 Å². The van der Waals surface area contributed by atoms with Crippen molar-refractivity contribution in [3.8, 4) is 0 Å². The number of hydrazine groups is 1. The van der Waals surface area contributed by atoms with Gasteiger partial charge in [0.1, 0.15) is 5.82 Å². The average molecular weight is 490 g/mol. The summed E-state index contributed by atoms with van der Waals surface area (Å²) in [7, 11) is -4.04. The Morgan fingerprint density at radius 1 is 0.818 bits per heavy atom. The van der Waals surface area contributed by atoms with Gasteiger partial charge in [0, 0.05) is 11.6 Å². The molecule has 3 rings (SSSR count). The predicted molar refractivity (Wildman–Crippen MR) is 122 cm³/mol.